The molecule has 1 aliphatic rings. The summed E-state index contributed by atoms with van der Waals surface area (Å²) < 4.78 is 19.3. The number of hydrogen-bond acceptors (Lipinski definition) is 5. The molecule has 0 radical (unpaired) electrons. The van der Waals surface area contributed by atoms with Crippen LogP contribution in [-0.2, 0) is 4.79 Å². The van der Waals surface area contributed by atoms with Crippen molar-refractivity contribution in [3.05, 3.63) is 71.8 Å². The molecule has 0 aliphatic carbocycles. The van der Waals surface area contributed by atoms with Crippen LogP contribution in [0.15, 0.2) is 54.9 Å². The van der Waals surface area contributed by atoms with Gasteiger partial charge in [-0.05, 0) is 62.6 Å². The van der Waals surface area contributed by atoms with Gasteiger partial charge in [-0.25, -0.2) is 14.4 Å². The SMILES string of the molecule is Cc1ccc(Oc2nccnc2N2CCC[C@@H](C(=O)Nc3ccc(F)cc3C)C2)cc1. The van der Waals surface area contributed by atoms with E-state index in [2.05, 4.69) is 15.3 Å². The Labute approximate surface area is 181 Å². The van der Waals surface area contributed by atoms with Gasteiger partial charge in [-0.1, -0.05) is 17.7 Å². The molecule has 1 N–H and O–H groups in total. The second-order valence-electron chi connectivity index (χ2n) is 7.83. The summed E-state index contributed by atoms with van der Waals surface area (Å²) in [6.45, 7) is 5.07. The molecular weight excluding hydrogens is 395 g/mol. The first-order valence-electron chi connectivity index (χ1n) is 10.4. The van der Waals surface area contributed by atoms with Gasteiger partial charge in [-0.2, -0.15) is 0 Å². The van der Waals surface area contributed by atoms with Crippen molar-refractivity contribution >= 4 is 17.4 Å². The van der Waals surface area contributed by atoms with E-state index in [1.54, 1.807) is 25.4 Å². The van der Waals surface area contributed by atoms with Crippen LogP contribution in [0.2, 0.25) is 0 Å². The van der Waals surface area contributed by atoms with Crippen LogP contribution in [0, 0.1) is 25.6 Å². The molecule has 6 nitrogen and oxygen atoms in total. The first-order valence-corrected chi connectivity index (χ1v) is 10.4. The summed E-state index contributed by atoms with van der Waals surface area (Å²) in [6, 6.07) is 12.1. The van der Waals surface area contributed by atoms with E-state index in [4.69, 9.17) is 4.74 Å². The minimum Gasteiger partial charge on any atom is -0.436 e. The van der Waals surface area contributed by atoms with E-state index < -0.39 is 0 Å². The predicted octanol–water partition coefficient (Wildman–Crippen LogP) is 4.88. The van der Waals surface area contributed by atoms with Gasteiger partial charge in [0.1, 0.15) is 11.6 Å². The molecule has 31 heavy (non-hydrogen) atoms. The van der Waals surface area contributed by atoms with E-state index >= 15 is 0 Å². The van der Waals surface area contributed by atoms with E-state index in [-0.39, 0.29) is 17.6 Å². The number of nitrogens with zero attached hydrogens (tertiary/aromatic N) is 3. The first kappa shape index (κ1) is 20.8. The number of anilines is 2. The van der Waals surface area contributed by atoms with Crippen LogP contribution >= 0.6 is 0 Å². The summed E-state index contributed by atoms with van der Waals surface area (Å²) in [5, 5.41) is 2.94. The average Bonchev–Trinajstić information content (AvgIpc) is 2.78. The molecule has 0 saturated carbocycles. The number of nitrogens with one attached hydrogen (secondary N) is 1. The zero-order valence-corrected chi connectivity index (χ0v) is 17.6. The summed E-state index contributed by atoms with van der Waals surface area (Å²) in [6.07, 6.45) is 4.85. The maximum Gasteiger partial charge on any atom is 0.263 e. The Kier molecular flexibility index (Phi) is 6.11. The number of aromatic nitrogens is 2. The molecule has 0 spiro atoms. The molecule has 0 unspecified atom stereocenters. The third-order valence-electron chi connectivity index (χ3n) is 5.42. The van der Waals surface area contributed by atoms with Crippen LogP contribution in [0.4, 0.5) is 15.9 Å². The molecule has 2 aromatic carbocycles. The Morgan fingerprint density at radius 1 is 1.13 bits per heavy atom. The highest BCUT2D eigenvalue weighted by Crippen LogP contribution is 2.31. The summed E-state index contributed by atoms with van der Waals surface area (Å²) >= 11 is 0. The zero-order valence-electron chi connectivity index (χ0n) is 17.6. The Morgan fingerprint density at radius 3 is 2.68 bits per heavy atom. The molecule has 2 heterocycles. The minimum atomic E-state index is -0.317. The van der Waals surface area contributed by atoms with Gasteiger partial charge in [0.25, 0.3) is 5.88 Å². The van der Waals surface area contributed by atoms with E-state index in [0.29, 0.717) is 35.2 Å². The van der Waals surface area contributed by atoms with E-state index in [0.717, 1.165) is 24.9 Å². The molecule has 1 fully saturated rings. The normalized spacial score (nSPS) is 16.1. The van der Waals surface area contributed by atoms with Crippen molar-refractivity contribution in [2.24, 2.45) is 5.92 Å². The lowest BCUT2D eigenvalue weighted by Gasteiger charge is -2.33. The summed E-state index contributed by atoms with van der Waals surface area (Å²) in [5.74, 6) is 1.12. The van der Waals surface area contributed by atoms with Crippen LogP contribution in [0.25, 0.3) is 0 Å². The van der Waals surface area contributed by atoms with Crippen molar-refractivity contribution in [1.29, 1.82) is 0 Å². The molecule has 160 valence electrons. The van der Waals surface area contributed by atoms with Crippen molar-refractivity contribution in [2.75, 3.05) is 23.3 Å². The lowest BCUT2D eigenvalue weighted by molar-refractivity contribution is -0.120. The van der Waals surface area contributed by atoms with Crippen molar-refractivity contribution in [3.8, 4) is 11.6 Å². The number of carbonyl (C=O) groups excluding carboxylic acids is 1. The number of benzene rings is 2. The van der Waals surface area contributed by atoms with Gasteiger partial charge in [0, 0.05) is 31.2 Å². The van der Waals surface area contributed by atoms with Crippen molar-refractivity contribution in [3.63, 3.8) is 0 Å². The molecule has 1 aromatic heterocycles. The fourth-order valence-corrected chi connectivity index (χ4v) is 3.71. The third-order valence-corrected chi connectivity index (χ3v) is 5.42. The summed E-state index contributed by atoms with van der Waals surface area (Å²) in [7, 11) is 0. The third kappa shape index (κ3) is 4.99. The quantitative estimate of drug-likeness (QED) is 0.637. The number of piperidine rings is 1. The van der Waals surface area contributed by atoms with Crippen molar-refractivity contribution in [2.45, 2.75) is 26.7 Å². The summed E-state index contributed by atoms with van der Waals surface area (Å²) in [5.41, 5.74) is 2.48. The molecule has 1 atom stereocenters. The number of amides is 1. The predicted molar refractivity (Wildman–Crippen MR) is 118 cm³/mol. The van der Waals surface area contributed by atoms with Crippen LogP contribution in [0.5, 0.6) is 11.6 Å². The van der Waals surface area contributed by atoms with Gasteiger partial charge in [0.15, 0.2) is 5.82 Å². The number of hydrogen-bond donors (Lipinski definition) is 1. The smallest absolute Gasteiger partial charge is 0.263 e. The Morgan fingerprint density at radius 2 is 1.90 bits per heavy atom. The molecule has 7 heteroatoms. The van der Waals surface area contributed by atoms with E-state index in [1.807, 2.05) is 36.1 Å². The fraction of sp³-hybridized carbons (Fsp3) is 0.292. The fourth-order valence-electron chi connectivity index (χ4n) is 3.71. The molecule has 0 bridgehead atoms. The monoisotopic (exact) mass is 420 g/mol. The highest BCUT2D eigenvalue weighted by molar-refractivity contribution is 5.93. The second kappa shape index (κ2) is 9.12. The zero-order chi connectivity index (χ0) is 21.8. The van der Waals surface area contributed by atoms with E-state index in [1.165, 1.54) is 12.1 Å². The lowest BCUT2D eigenvalue weighted by Crippen LogP contribution is -2.41. The Balaban J connectivity index is 1.48. The minimum absolute atomic E-state index is 0.0794. The highest BCUT2D eigenvalue weighted by atomic mass is 19.1. The number of rotatable bonds is 5. The Hall–Kier alpha value is -3.48. The number of carbonyl (C=O) groups is 1. The van der Waals surface area contributed by atoms with Gasteiger partial charge in [0.05, 0.1) is 5.92 Å². The maximum absolute atomic E-state index is 13.3. The average molecular weight is 420 g/mol. The van der Waals surface area contributed by atoms with Gasteiger partial charge in [0.2, 0.25) is 5.91 Å². The first-order chi connectivity index (χ1) is 15.0. The van der Waals surface area contributed by atoms with Gasteiger partial charge in [-0.15, -0.1) is 0 Å². The molecule has 1 saturated heterocycles. The van der Waals surface area contributed by atoms with E-state index in [9.17, 15) is 9.18 Å². The van der Waals surface area contributed by atoms with Crippen LogP contribution in [0.3, 0.4) is 0 Å². The topological polar surface area (TPSA) is 67.4 Å². The highest BCUT2D eigenvalue weighted by Gasteiger charge is 2.29. The van der Waals surface area contributed by atoms with Gasteiger partial charge >= 0.3 is 0 Å². The molecule has 3 aromatic rings. The standard InChI is InChI=1S/C24H25FN4O2/c1-16-5-8-20(9-6-16)31-24-22(26-11-12-27-24)29-13-3-4-18(15-29)23(30)28-21-10-7-19(25)14-17(21)2/h5-12,14,18H,3-4,13,15H2,1-2H3,(H,28,30)/t18-/m1/s1. The van der Waals surface area contributed by atoms with Gasteiger partial charge < -0.3 is 15.0 Å². The van der Waals surface area contributed by atoms with Crippen molar-refractivity contribution in [1.82, 2.24) is 9.97 Å². The van der Waals surface area contributed by atoms with Crippen LogP contribution in [-0.4, -0.2) is 29.0 Å². The van der Waals surface area contributed by atoms with Crippen LogP contribution < -0.4 is 15.0 Å². The largest absolute Gasteiger partial charge is 0.436 e. The molecule has 1 amide bonds. The number of halogens is 1. The number of aryl methyl sites for hydroxylation is 2. The van der Waals surface area contributed by atoms with Gasteiger partial charge in [-0.3, -0.25) is 4.79 Å². The van der Waals surface area contributed by atoms with Crippen molar-refractivity contribution < 1.29 is 13.9 Å². The molecule has 4 rings (SSSR count). The second-order valence-corrected chi connectivity index (χ2v) is 7.83. The maximum atomic E-state index is 13.3. The lowest BCUT2D eigenvalue weighted by atomic mass is 9.97. The summed E-state index contributed by atoms with van der Waals surface area (Å²) in [4.78, 5) is 23.8. The number of ether oxygens (including phenoxy) is 1. The molecule has 1 aliphatic heterocycles. The van der Waals surface area contributed by atoms with Crippen LogP contribution in [0.1, 0.15) is 24.0 Å². The molecular formula is C24H25FN4O2. The Bertz CT molecular complexity index is 1070.